The summed E-state index contributed by atoms with van der Waals surface area (Å²) >= 11 is 0. The molecule has 6 heteroatoms. The zero-order valence-corrected chi connectivity index (χ0v) is 29.7. The molecule has 0 spiro atoms. The molecule has 0 aliphatic heterocycles. The first-order valence-electron chi connectivity index (χ1n) is 19.7. The molecule has 0 radical (unpaired) electrons. The quantitative estimate of drug-likeness (QED) is 0.270. The van der Waals surface area contributed by atoms with Crippen LogP contribution in [-0.2, 0) is 0 Å². The first-order valence-corrected chi connectivity index (χ1v) is 21.8. The van der Waals surface area contributed by atoms with E-state index < -0.39 is 0 Å². The summed E-state index contributed by atoms with van der Waals surface area (Å²) in [6.07, 6.45) is 38.0. The van der Waals surface area contributed by atoms with Gasteiger partial charge in [0.15, 0.2) is 0 Å². The van der Waals surface area contributed by atoms with Gasteiger partial charge < -0.3 is 9.80 Å². The molecule has 0 saturated heterocycles. The second-order valence-electron chi connectivity index (χ2n) is 16.0. The number of carbonyl (C=O) groups excluding carboxylic acids is 2. The van der Waals surface area contributed by atoms with Gasteiger partial charge in [0.25, 0.3) is 10.5 Å². The second kappa shape index (κ2) is 16.2. The van der Waals surface area contributed by atoms with Crippen LogP contribution in [0.5, 0.6) is 0 Å². The molecule has 6 rings (SSSR count). The van der Waals surface area contributed by atoms with E-state index in [4.69, 9.17) is 0 Å². The number of hydrogen-bond donors (Lipinski definition) is 0. The van der Waals surface area contributed by atoms with E-state index in [0.717, 1.165) is 0 Å². The summed E-state index contributed by atoms with van der Waals surface area (Å²) in [6, 6.07) is 0.752. The Balaban J connectivity index is 1.25. The lowest BCUT2D eigenvalue weighted by Crippen LogP contribution is -2.61. The van der Waals surface area contributed by atoms with Crippen molar-refractivity contribution in [2.75, 3.05) is 0 Å². The van der Waals surface area contributed by atoms with Crippen molar-refractivity contribution in [3.8, 4) is 0 Å². The van der Waals surface area contributed by atoms with Crippen molar-refractivity contribution in [3.63, 3.8) is 0 Å². The molecule has 2 amide bonds. The molecule has 0 unspecified atom stereocenters. The predicted octanol–water partition coefficient (Wildman–Crippen LogP) is 12.4. The van der Waals surface area contributed by atoms with Crippen LogP contribution in [0, 0.1) is 11.8 Å². The third kappa shape index (κ3) is 7.36. The predicted molar refractivity (Wildman–Crippen MR) is 188 cm³/mol. The van der Waals surface area contributed by atoms with Crippen molar-refractivity contribution in [2.24, 2.45) is 11.8 Å². The molecular formula is C38H64N2O2S2. The Bertz CT molecular complexity index is 832. The van der Waals surface area contributed by atoms with Crippen LogP contribution in [0.25, 0.3) is 0 Å². The summed E-state index contributed by atoms with van der Waals surface area (Å²) in [5, 5.41) is 0.475. The van der Waals surface area contributed by atoms with Crippen LogP contribution in [-0.4, -0.2) is 43.4 Å². The normalized spacial score (nSPS) is 27.9. The van der Waals surface area contributed by atoms with Gasteiger partial charge in [-0.3, -0.25) is 9.59 Å². The largest absolute Gasteiger partial charge is 0.324 e. The highest BCUT2D eigenvalue weighted by Gasteiger charge is 2.51. The topological polar surface area (TPSA) is 40.6 Å². The highest BCUT2D eigenvalue weighted by Crippen LogP contribution is 2.52. The molecule has 6 fully saturated rings. The first-order chi connectivity index (χ1) is 21.6. The fourth-order valence-electron chi connectivity index (χ4n) is 11.5. The molecule has 44 heavy (non-hydrogen) atoms. The van der Waals surface area contributed by atoms with Crippen molar-refractivity contribution >= 4 is 32.1 Å². The number of amides is 2. The van der Waals surface area contributed by atoms with E-state index in [9.17, 15) is 9.59 Å². The lowest BCUT2D eigenvalue weighted by molar-refractivity contribution is -0.0130. The Hall–Kier alpha value is -0.360. The number of hydrogen-bond acceptors (Lipinski definition) is 4. The third-order valence-electron chi connectivity index (χ3n) is 13.6. The van der Waals surface area contributed by atoms with E-state index in [-0.39, 0.29) is 21.6 Å². The monoisotopic (exact) mass is 644 g/mol. The molecule has 6 aliphatic rings. The van der Waals surface area contributed by atoms with Gasteiger partial charge in [0, 0.05) is 44.7 Å². The molecule has 0 atom stereocenters. The standard InChI is InChI=1S/C38H64N2O2S2/c41-35(39(33-23-11-3-12-24-33)37(27-15-5-16-28-37)31-19-7-1-8-20-31)43-44-36(42)40(34-25-13-4-14-26-34)38(29-17-6-18-30-38)32-21-9-2-10-22-32/h31-34H,1-30H2. The van der Waals surface area contributed by atoms with Crippen LogP contribution < -0.4 is 0 Å². The smallest absolute Gasteiger partial charge is 0.293 e. The molecule has 0 bridgehead atoms. The minimum Gasteiger partial charge on any atom is -0.324 e. The van der Waals surface area contributed by atoms with Crippen LogP contribution >= 0.6 is 21.6 Å². The fraction of sp³-hybridized carbons (Fsp3) is 0.947. The molecule has 250 valence electrons. The van der Waals surface area contributed by atoms with Crippen molar-refractivity contribution < 1.29 is 9.59 Å². The fourth-order valence-corrected chi connectivity index (χ4v) is 13.4. The number of nitrogens with zero attached hydrogens (tertiary/aromatic N) is 2. The maximum Gasteiger partial charge on any atom is 0.293 e. The molecule has 6 saturated carbocycles. The van der Waals surface area contributed by atoms with Crippen LogP contribution in [0.1, 0.15) is 193 Å². The zero-order valence-electron chi connectivity index (χ0n) is 28.1. The summed E-state index contributed by atoms with van der Waals surface area (Å²) in [5.74, 6) is 1.30. The van der Waals surface area contributed by atoms with Crippen LogP contribution in [0.3, 0.4) is 0 Å². The lowest BCUT2D eigenvalue weighted by Gasteiger charge is -2.56. The summed E-state index contributed by atoms with van der Waals surface area (Å²) < 4.78 is 0. The van der Waals surface area contributed by atoms with Gasteiger partial charge in [0.05, 0.1) is 0 Å². The minimum atomic E-state index is 0.0319. The van der Waals surface area contributed by atoms with Crippen molar-refractivity contribution in [2.45, 2.75) is 216 Å². The Labute approximate surface area is 278 Å². The second-order valence-corrected chi connectivity index (χ2v) is 18.1. The first kappa shape index (κ1) is 33.5. The van der Waals surface area contributed by atoms with Gasteiger partial charge in [-0.2, -0.15) is 0 Å². The SMILES string of the molecule is O=C(SSC(=O)N(C1CCCCC1)C1(C2CCCCC2)CCCCC1)N(C1CCCCC1)C1(C2CCCCC2)CCCCC1. The van der Waals surface area contributed by atoms with Gasteiger partial charge in [-0.25, -0.2) is 0 Å². The number of rotatable bonds is 6. The summed E-state index contributed by atoms with van der Waals surface area (Å²) in [7, 11) is 2.71. The van der Waals surface area contributed by atoms with E-state index in [1.807, 2.05) is 0 Å². The van der Waals surface area contributed by atoms with Crippen molar-refractivity contribution in [1.29, 1.82) is 0 Å². The van der Waals surface area contributed by atoms with Crippen molar-refractivity contribution in [1.82, 2.24) is 9.80 Å². The van der Waals surface area contributed by atoms with Crippen LogP contribution in [0.4, 0.5) is 9.59 Å². The maximum atomic E-state index is 14.7. The average Bonchev–Trinajstić information content (AvgIpc) is 3.10. The molecule has 0 aromatic carbocycles. The minimum absolute atomic E-state index is 0.0319. The van der Waals surface area contributed by atoms with E-state index in [0.29, 0.717) is 23.9 Å². The summed E-state index contributed by atoms with van der Waals surface area (Å²) in [5.41, 5.74) is 0.0637. The molecule has 0 aromatic heterocycles. The van der Waals surface area contributed by atoms with Gasteiger partial charge in [-0.05, 0) is 88.9 Å². The molecule has 0 heterocycles. The van der Waals surface area contributed by atoms with Gasteiger partial charge in [0.1, 0.15) is 0 Å². The van der Waals surface area contributed by atoms with Gasteiger partial charge in [-0.1, -0.05) is 116 Å². The van der Waals surface area contributed by atoms with Crippen molar-refractivity contribution in [3.05, 3.63) is 0 Å². The highest BCUT2D eigenvalue weighted by molar-refractivity contribution is 8.87. The lowest BCUT2D eigenvalue weighted by atomic mass is 9.66. The molecule has 0 aromatic rings. The van der Waals surface area contributed by atoms with E-state index in [1.54, 1.807) is 0 Å². The van der Waals surface area contributed by atoms with Gasteiger partial charge in [0.2, 0.25) is 0 Å². The van der Waals surface area contributed by atoms with Crippen LogP contribution in [0.2, 0.25) is 0 Å². The Morgan fingerprint density at radius 1 is 0.386 bits per heavy atom. The molecule has 6 aliphatic carbocycles. The highest BCUT2D eigenvalue weighted by atomic mass is 33.1. The van der Waals surface area contributed by atoms with E-state index in [2.05, 4.69) is 9.80 Å². The van der Waals surface area contributed by atoms with E-state index in [1.165, 1.54) is 214 Å². The summed E-state index contributed by atoms with van der Waals surface area (Å²) in [4.78, 5) is 34.5. The molecule has 4 nitrogen and oxygen atoms in total. The Morgan fingerprint density at radius 2 is 0.659 bits per heavy atom. The Morgan fingerprint density at radius 3 is 0.977 bits per heavy atom. The summed E-state index contributed by atoms with van der Waals surface area (Å²) in [6.45, 7) is 0. The van der Waals surface area contributed by atoms with Crippen LogP contribution in [0.15, 0.2) is 0 Å². The molecule has 0 N–H and O–H groups in total. The third-order valence-corrected chi connectivity index (χ3v) is 15.5. The van der Waals surface area contributed by atoms with Gasteiger partial charge >= 0.3 is 0 Å². The van der Waals surface area contributed by atoms with E-state index >= 15 is 0 Å². The zero-order chi connectivity index (χ0) is 30.2. The average molecular weight is 645 g/mol. The van der Waals surface area contributed by atoms with Gasteiger partial charge in [-0.15, -0.1) is 0 Å². The molecular weight excluding hydrogens is 581 g/mol. The number of carbonyl (C=O) groups is 2. The Kier molecular flexibility index (Phi) is 12.3. The maximum absolute atomic E-state index is 14.7.